The normalized spacial score (nSPS) is 13.0. The lowest BCUT2D eigenvalue weighted by Crippen LogP contribution is -2.28. The molecule has 0 saturated carbocycles. The molecule has 0 aliphatic heterocycles. The summed E-state index contributed by atoms with van der Waals surface area (Å²) >= 11 is -0.174. The molecule has 0 spiro atoms. The molecule has 1 aromatic heterocycles. The quantitative estimate of drug-likeness (QED) is 0.295. The zero-order valence-corrected chi connectivity index (χ0v) is 18.8. The number of carbonyl (C=O) groups excluding carboxylic acids is 1. The fraction of sp³-hybridized carbons (Fsp3) is 0.192. The number of hydrogen-bond donors (Lipinski definition) is 2. The second kappa shape index (κ2) is 9.10. The Morgan fingerprint density at radius 3 is 2.24 bits per heavy atom. The van der Waals surface area contributed by atoms with Crippen molar-refractivity contribution in [1.29, 1.82) is 0 Å². The van der Waals surface area contributed by atoms with Gasteiger partial charge in [-0.25, -0.2) is 4.79 Å². The van der Waals surface area contributed by atoms with Crippen LogP contribution in [0.3, 0.4) is 0 Å². The number of aromatic amines is 1. The molecule has 1 amide bonds. The van der Waals surface area contributed by atoms with Crippen molar-refractivity contribution in [2.45, 2.75) is 22.9 Å². The molecular weight excluding hydrogens is 461 g/mol. The van der Waals surface area contributed by atoms with Crippen molar-refractivity contribution in [3.63, 3.8) is 0 Å². The summed E-state index contributed by atoms with van der Waals surface area (Å²) < 4.78 is 44.6. The molecule has 1 heterocycles. The van der Waals surface area contributed by atoms with Gasteiger partial charge in [0.25, 0.3) is 0 Å². The molecule has 0 atom stereocenters. The minimum Gasteiger partial charge on any atom is -0.449 e. The molecule has 1 aliphatic carbocycles. The average Bonchev–Trinajstić information content (AvgIpc) is 3.32. The fourth-order valence-electron chi connectivity index (χ4n) is 4.57. The van der Waals surface area contributed by atoms with E-state index in [4.69, 9.17) is 4.74 Å². The standard InChI is InChI=1S/C26H21F3N2O2S/c27-26(28,29)34-24-21(20-11-5-6-12-23(20)31-24)13-14-30-25(32)33-15-22-18-9-3-1-7-16(18)17-8-2-4-10-19(17)22/h1-12,22,31H,13-15H2,(H,30,32). The van der Waals surface area contributed by atoms with E-state index in [2.05, 4.69) is 22.4 Å². The number of alkyl carbamates (subject to hydrolysis) is 1. The molecule has 8 heteroatoms. The van der Waals surface area contributed by atoms with E-state index in [0.717, 1.165) is 22.3 Å². The Bertz CT molecular complexity index is 1300. The van der Waals surface area contributed by atoms with E-state index in [-0.39, 0.29) is 42.3 Å². The molecule has 4 aromatic rings. The first-order chi connectivity index (χ1) is 16.4. The van der Waals surface area contributed by atoms with E-state index >= 15 is 0 Å². The number of ether oxygens (including phenoxy) is 1. The summed E-state index contributed by atoms with van der Waals surface area (Å²) in [6.45, 7) is 0.339. The summed E-state index contributed by atoms with van der Waals surface area (Å²) in [6, 6.07) is 23.2. The molecule has 174 valence electrons. The zero-order valence-electron chi connectivity index (χ0n) is 18.0. The maximum absolute atomic E-state index is 13.0. The Morgan fingerprint density at radius 2 is 1.56 bits per heavy atom. The SMILES string of the molecule is O=C(NCCc1c(SC(F)(F)F)[nH]c2ccccc12)OCC1c2ccccc2-c2ccccc21. The van der Waals surface area contributed by atoms with Crippen LogP contribution in [0.15, 0.2) is 77.8 Å². The summed E-state index contributed by atoms with van der Waals surface area (Å²) in [5.74, 6) is -0.0541. The lowest BCUT2D eigenvalue weighted by molar-refractivity contribution is -0.0329. The molecule has 0 radical (unpaired) electrons. The van der Waals surface area contributed by atoms with Gasteiger partial charge in [0.2, 0.25) is 0 Å². The van der Waals surface area contributed by atoms with Gasteiger partial charge < -0.3 is 15.0 Å². The first-order valence-corrected chi connectivity index (χ1v) is 11.7. The summed E-state index contributed by atoms with van der Waals surface area (Å²) in [5.41, 5.74) is 1.26. The van der Waals surface area contributed by atoms with Crippen LogP contribution in [-0.2, 0) is 11.2 Å². The highest BCUT2D eigenvalue weighted by molar-refractivity contribution is 8.00. The van der Waals surface area contributed by atoms with Crippen molar-refractivity contribution in [3.8, 4) is 11.1 Å². The highest BCUT2D eigenvalue weighted by Crippen LogP contribution is 2.44. The number of amides is 1. The maximum Gasteiger partial charge on any atom is 0.447 e. The highest BCUT2D eigenvalue weighted by Gasteiger charge is 2.32. The monoisotopic (exact) mass is 482 g/mol. The van der Waals surface area contributed by atoms with Crippen LogP contribution >= 0.6 is 11.8 Å². The van der Waals surface area contributed by atoms with Crippen LogP contribution in [0.4, 0.5) is 18.0 Å². The summed E-state index contributed by atoms with van der Waals surface area (Å²) in [6.07, 6.45) is -0.348. The number of rotatable bonds is 6. The Balaban J connectivity index is 1.23. The molecule has 1 aliphatic rings. The smallest absolute Gasteiger partial charge is 0.447 e. The Labute approximate surface area is 198 Å². The number of hydrogen-bond acceptors (Lipinski definition) is 3. The molecule has 0 bridgehead atoms. The molecule has 0 unspecified atom stereocenters. The van der Waals surface area contributed by atoms with Crippen LogP contribution in [0, 0.1) is 0 Å². The molecule has 5 rings (SSSR count). The Kier molecular flexibility index (Phi) is 6.00. The number of nitrogens with one attached hydrogen (secondary N) is 2. The van der Waals surface area contributed by atoms with Crippen LogP contribution < -0.4 is 5.32 Å². The van der Waals surface area contributed by atoms with Gasteiger partial charge in [-0.05, 0) is 40.3 Å². The largest absolute Gasteiger partial charge is 0.449 e. The fourth-order valence-corrected chi connectivity index (χ4v) is 5.29. The second-order valence-electron chi connectivity index (χ2n) is 8.03. The molecule has 0 fully saturated rings. The predicted octanol–water partition coefficient (Wildman–Crippen LogP) is 6.86. The van der Waals surface area contributed by atoms with Gasteiger partial charge in [0.1, 0.15) is 6.61 Å². The number of halogens is 3. The number of H-pyrrole nitrogens is 1. The number of aromatic nitrogens is 1. The molecule has 4 nitrogen and oxygen atoms in total. The maximum atomic E-state index is 13.0. The third-order valence-electron chi connectivity index (χ3n) is 5.98. The summed E-state index contributed by atoms with van der Waals surface area (Å²) in [5, 5.41) is 3.44. The third-order valence-corrected chi connectivity index (χ3v) is 6.76. The van der Waals surface area contributed by atoms with Gasteiger partial charge in [-0.1, -0.05) is 66.7 Å². The van der Waals surface area contributed by atoms with Gasteiger partial charge in [0, 0.05) is 35.1 Å². The number of alkyl halides is 3. The van der Waals surface area contributed by atoms with Gasteiger partial charge >= 0.3 is 11.6 Å². The van der Waals surface area contributed by atoms with Crippen LogP contribution in [-0.4, -0.2) is 29.7 Å². The first kappa shape index (κ1) is 22.4. The van der Waals surface area contributed by atoms with Gasteiger partial charge in [-0.3, -0.25) is 0 Å². The van der Waals surface area contributed by atoms with E-state index in [1.807, 2.05) is 36.4 Å². The van der Waals surface area contributed by atoms with Crippen molar-refractivity contribution < 1.29 is 22.7 Å². The molecule has 3 aromatic carbocycles. The van der Waals surface area contributed by atoms with E-state index in [1.54, 1.807) is 24.3 Å². The molecule has 0 saturated heterocycles. The second-order valence-corrected chi connectivity index (χ2v) is 9.10. The van der Waals surface area contributed by atoms with Crippen LogP contribution in [0.5, 0.6) is 0 Å². The molecular formula is C26H21F3N2O2S. The Hall–Kier alpha value is -3.39. The number of thioether (sulfide) groups is 1. The van der Waals surface area contributed by atoms with Crippen molar-refractivity contribution in [2.75, 3.05) is 13.2 Å². The van der Waals surface area contributed by atoms with Crippen molar-refractivity contribution in [3.05, 3.63) is 89.5 Å². The van der Waals surface area contributed by atoms with Crippen LogP contribution in [0.1, 0.15) is 22.6 Å². The topological polar surface area (TPSA) is 54.1 Å². The Morgan fingerprint density at radius 1 is 0.941 bits per heavy atom. The van der Waals surface area contributed by atoms with E-state index < -0.39 is 11.6 Å². The minimum absolute atomic E-state index is 0.0445. The van der Waals surface area contributed by atoms with Crippen LogP contribution in [0.2, 0.25) is 0 Å². The number of para-hydroxylation sites is 1. The van der Waals surface area contributed by atoms with E-state index in [1.165, 1.54) is 0 Å². The van der Waals surface area contributed by atoms with Crippen molar-refractivity contribution in [2.24, 2.45) is 0 Å². The van der Waals surface area contributed by atoms with Gasteiger partial charge in [-0.15, -0.1) is 0 Å². The zero-order chi connectivity index (χ0) is 23.7. The minimum atomic E-state index is -4.41. The average molecular weight is 483 g/mol. The number of benzene rings is 3. The highest BCUT2D eigenvalue weighted by atomic mass is 32.2. The molecule has 34 heavy (non-hydrogen) atoms. The lowest BCUT2D eigenvalue weighted by Gasteiger charge is -2.14. The van der Waals surface area contributed by atoms with E-state index in [9.17, 15) is 18.0 Å². The summed E-state index contributed by atoms with van der Waals surface area (Å²) in [4.78, 5) is 15.2. The predicted molar refractivity (Wildman–Crippen MR) is 127 cm³/mol. The molecule has 2 N–H and O–H groups in total. The van der Waals surface area contributed by atoms with E-state index in [0.29, 0.717) is 16.5 Å². The van der Waals surface area contributed by atoms with Gasteiger partial charge in [-0.2, -0.15) is 13.2 Å². The lowest BCUT2D eigenvalue weighted by atomic mass is 9.98. The van der Waals surface area contributed by atoms with Crippen molar-refractivity contribution in [1.82, 2.24) is 10.3 Å². The van der Waals surface area contributed by atoms with Gasteiger partial charge in [0.15, 0.2) is 0 Å². The first-order valence-electron chi connectivity index (χ1n) is 10.8. The van der Waals surface area contributed by atoms with Crippen LogP contribution in [0.25, 0.3) is 22.0 Å². The van der Waals surface area contributed by atoms with Gasteiger partial charge in [0.05, 0.1) is 5.03 Å². The number of carbonyl (C=O) groups is 1. The van der Waals surface area contributed by atoms with Crippen molar-refractivity contribution >= 4 is 28.8 Å². The number of fused-ring (bicyclic) bond motifs is 4. The third kappa shape index (κ3) is 4.50. The summed E-state index contributed by atoms with van der Waals surface area (Å²) in [7, 11) is 0.